The molecule has 0 amide bonds. The van der Waals surface area contributed by atoms with Crippen LogP contribution in [-0.4, -0.2) is 24.2 Å². The molecule has 2 aromatic rings. The van der Waals surface area contributed by atoms with Crippen LogP contribution in [0.25, 0.3) is 11.3 Å². The molecule has 26 heavy (non-hydrogen) atoms. The highest BCUT2D eigenvalue weighted by atomic mass is 19.1. The summed E-state index contributed by atoms with van der Waals surface area (Å²) in [6.07, 6.45) is 1.02. The zero-order chi connectivity index (χ0) is 19.3. The molecule has 0 aliphatic rings. The average Bonchev–Trinajstić information content (AvgIpc) is 2.59. The van der Waals surface area contributed by atoms with Gasteiger partial charge in [0.15, 0.2) is 0 Å². The molecule has 0 bridgehead atoms. The molecule has 0 N–H and O–H groups in total. The number of ether oxygens (including phenoxy) is 2. The SMILES string of the molecule is CCOC(=O)c1cc(F)cnc1-c1ccc(OCC(C)(C)C)c(C#N)c1. The van der Waals surface area contributed by atoms with E-state index in [0.29, 0.717) is 23.5 Å². The van der Waals surface area contributed by atoms with Crippen LogP contribution in [0.15, 0.2) is 30.5 Å². The van der Waals surface area contributed by atoms with Crippen LogP contribution in [0.2, 0.25) is 0 Å². The number of pyridine rings is 1. The number of nitriles is 1. The van der Waals surface area contributed by atoms with Crippen molar-refractivity contribution < 1.29 is 18.7 Å². The molecule has 0 atom stereocenters. The van der Waals surface area contributed by atoms with Crippen molar-refractivity contribution >= 4 is 5.97 Å². The van der Waals surface area contributed by atoms with Gasteiger partial charge in [0.1, 0.15) is 17.6 Å². The number of rotatable bonds is 5. The van der Waals surface area contributed by atoms with Crippen LogP contribution < -0.4 is 4.74 Å². The Labute approximate surface area is 152 Å². The van der Waals surface area contributed by atoms with Crippen molar-refractivity contribution in [2.24, 2.45) is 5.41 Å². The lowest BCUT2D eigenvalue weighted by atomic mass is 9.98. The number of carbonyl (C=O) groups excluding carboxylic acids is 1. The van der Waals surface area contributed by atoms with Crippen LogP contribution in [0, 0.1) is 22.6 Å². The highest BCUT2D eigenvalue weighted by Gasteiger charge is 2.19. The second-order valence-electron chi connectivity index (χ2n) is 6.94. The van der Waals surface area contributed by atoms with Crippen LogP contribution >= 0.6 is 0 Å². The van der Waals surface area contributed by atoms with E-state index in [1.165, 1.54) is 0 Å². The molecule has 136 valence electrons. The van der Waals surface area contributed by atoms with Crippen molar-refractivity contribution in [3.8, 4) is 23.1 Å². The zero-order valence-corrected chi connectivity index (χ0v) is 15.3. The summed E-state index contributed by atoms with van der Waals surface area (Å²) in [5.74, 6) is -0.852. The van der Waals surface area contributed by atoms with Crippen molar-refractivity contribution in [1.82, 2.24) is 4.98 Å². The maximum absolute atomic E-state index is 13.5. The lowest BCUT2D eigenvalue weighted by Gasteiger charge is -2.19. The van der Waals surface area contributed by atoms with E-state index < -0.39 is 11.8 Å². The van der Waals surface area contributed by atoms with Gasteiger partial charge >= 0.3 is 5.97 Å². The second kappa shape index (κ2) is 7.96. The molecule has 1 heterocycles. The summed E-state index contributed by atoms with van der Waals surface area (Å²) in [5, 5.41) is 9.42. The Morgan fingerprint density at radius 1 is 1.31 bits per heavy atom. The van der Waals surface area contributed by atoms with Gasteiger partial charge in [-0.1, -0.05) is 20.8 Å². The molecule has 0 spiro atoms. The Hall–Kier alpha value is -2.94. The summed E-state index contributed by atoms with van der Waals surface area (Å²) < 4.78 is 24.2. The number of aromatic nitrogens is 1. The predicted molar refractivity (Wildman–Crippen MR) is 95.3 cm³/mol. The van der Waals surface area contributed by atoms with Crippen LogP contribution in [-0.2, 0) is 4.74 Å². The van der Waals surface area contributed by atoms with E-state index in [1.807, 2.05) is 20.8 Å². The van der Waals surface area contributed by atoms with Gasteiger partial charge in [-0.05, 0) is 36.6 Å². The Bertz CT molecular complexity index is 851. The molecule has 1 aromatic heterocycles. The van der Waals surface area contributed by atoms with Crippen molar-refractivity contribution in [1.29, 1.82) is 5.26 Å². The van der Waals surface area contributed by atoms with Gasteiger partial charge in [0.25, 0.3) is 0 Å². The molecule has 0 radical (unpaired) electrons. The standard InChI is InChI=1S/C20H21FN2O3/c1-5-25-19(24)16-9-15(21)11-23-18(16)13-6-7-17(14(8-13)10-22)26-12-20(2,3)4/h6-9,11H,5,12H2,1-4H3. The molecule has 0 fully saturated rings. The van der Waals surface area contributed by atoms with Crippen LogP contribution in [0.5, 0.6) is 5.75 Å². The molecule has 2 rings (SSSR count). The summed E-state index contributed by atoms with van der Waals surface area (Å²) in [5.41, 5.74) is 1.03. The summed E-state index contributed by atoms with van der Waals surface area (Å²) in [7, 11) is 0. The zero-order valence-electron chi connectivity index (χ0n) is 15.3. The molecule has 1 aromatic carbocycles. The van der Waals surface area contributed by atoms with E-state index in [4.69, 9.17) is 9.47 Å². The number of esters is 1. The smallest absolute Gasteiger partial charge is 0.340 e. The number of halogens is 1. The Kier molecular flexibility index (Phi) is 5.93. The fourth-order valence-electron chi connectivity index (χ4n) is 2.22. The lowest BCUT2D eigenvalue weighted by Crippen LogP contribution is -2.17. The monoisotopic (exact) mass is 356 g/mol. The maximum atomic E-state index is 13.5. The van der Waals surface area contributed by atoms with Crippen molar-refractivity contribution in [2.75, 3.05) is 13.2 Å². The van der Waals surface area contributed by atoms with Gasteiger partial charge in [0.05, 0.1) is 36.2 Å². The van der Waals surface area contributed by atoms with E-state index in [-0.39, 0.29) is 23.3 Å². The van der Waals surface area contributed by atoms with Gasteiger partial charge in [-0.2, -0.15) is 5.26 Å². The van der Waals surface area contributed by atoms with Gasteiger partial charge in [0.2, 0.25) is 0 Å². The quantitative estimate of drug-likeness (QED) is 0.744. The summed E-state index contributed by atoms with van der Waals surface area (Å²) in [6, 6.07) is 8.07. The first kappa shape index (κ1) is 19.4. The van der Waals surface area contributed by atoms with E-state index >= 15 is 0 Å². The van der Waals surface area contributed by atoms with Crippen molar-refractivity contribution in [3.05, 3.63) is 47.4 Å². The van der Waals surface area contributed by atoms with Crippen LogP contribution in [0.4, 0.5) is 4.39 Å². The van der Waals surface area contributed by atoms with Gasteiger partial charge < -0.3 is 9.47 Å². The highest BCUT2D eigenvalue weighted by molar-refractivity contribution is 5.96. The first-order chi connectivity index (χ1) is 12.2. The molecule has 6 heteroatoms. The summed E-state index contributed by atoms with van der Waals surface area (Å²) in [4.78, 5) is 16.1. The van der Waals surface area contributed by atoms with Gasteiger partial charge in [-0.15, -0.1) is 0 Å². The third-order valence-corrected chi connectivity index (χ3v) is 3.38. The largest absolute Gasteiger partial charge is 0.492 e. The van der Waals surface area contributed by atoms with E-state index in [0.717, 1.165) is 12.3 Å². The number of carbonyl (C=O) groups is 1. The Morgan fingerprint density at radius 2 is 2.04 bits per heavy atom. The molecule has 0 unspecified atom stereocenters. The first-order valence-electron chi connectivity index (χ1n) is 8.25. The normalized spacial score (nSPS) is 10.9. The average molecular weight is 356 g/mol. The topological polar surface area (TPSA) is 72.2 Å². The van der Waals surface area contributed by atoms with Gasteiger partial charge in [-0.3, -0.25) is 4.98 Å². The summed E-state index contributed by atoms with van der Waals surface area (Å²) in [6.45, 7) is 8.37. The third-order valence-electron chi connectivity index (χ3n) is 3.38. The van der Waals surface area contributed by atoms with E-state index in [1.54, 1.807) is 25.1 Å². The Balaban J connectivity index is 2.44. The highest BCUT2D eigenvalue weighted by Crippen LogP contribution is 2.29. The molecule has 5 nitrogen and oxygen atoms in total. The van der Waals surface area contributed by atoms with Crippen LogP contribution in [0.3, 0.4) is 0 Å². The van der Waals surface area contributed by atoms with Crippen LogP contribution in [0.1, 0.15) is 43.6 Å². The molecule has 0 aliphatic heterocycles. The molecular formula is C20H21FN2O3. The third kappa shape index (κ3) is 4.79. The van der Waals surface area contributed by atoms with E-state index in [2.05, 4.69) is 11.1 Å². The minimum Gasteiger partial charge on any atom is -0.492 e. The molecule has 0 saturated carbocycles. The lowest BCUT2D eigenvalue weighted by molar-refractivity contribution is 0.0526. The first-order valence-corrected chi connectivity index (χ1v) is 8.25. The van der Waals surface area contributed by atoms with Crippen molar-refractivity contribution in [2.45, 2.75) is 27.7 Å². The van der Waals surface area contributed by atoms with Gasteiger partial charge in [0, 0.05) is 5.56 Å². The fraction of sp³-hybridized carbons (Fsp3) is 0.350. The fourth-order valence-corrected chi connectivity index (χ4v) is 2.22. The second-order valence-corrected chi connectivity index (χ2v) is 6.94. The number of hydrogen-bond acceptors (Lipinski definition) is 5. The number of hydrogen-bond donors (Lipinski definition) is 0. The minimum absolute atomic E-state index is 0.0131. The summed E-state index contributed by atoms with van der Waals surface area (Å²) >= 11 is 0. The molecule has 0 aliphatic carbocycles. The number of benzene rings is 1. The van der Waals surface area contributed by atoms with Crippen molar-refractivity contribution in [3.63, 3.8) is 0 Å². The van der Waals surface area contributed by atoms with E-state index in [9.17, 15) is 14.4 Å². The Morgan fingerprint density at radius 3 is 2.65 bits per heavy atom. The maximum Gasteiger partial charge on any atom is 0.340 e. The predicted octanol–water partition coefficient (Wildman–Crippen LogP) is 4.36. The molecule has 0 saturated heterocycles. The minimum atomic E-state index is -0.666. The van der Waals surface area contributed by atoms with Gasteiger partial charge in [-0.25, -0.2) is 9.18 Å². The number of nitrogens with zero attached hydrogens (tertiary/aromatic N) is 2. The molecular weight excluding hydrogens is 335 g/mol.